The topological polar surface area (TPSA) is 58.2 Å². The highest BCUT2D eigenvalue weighted by Gasteiger charge is 2.19. The Morgan fingerprint density at radius 3 is 2.74 bits per heavy atom. The highest BCUT2D eigenvalue weighted by atomic mass is 19.1. The molecule has 0 atom stereocenters. The van der Waals surface area contributed by atoms with Crippen LogP contribution in [0.1, 0.15) is 22.8 Å². The van der Waals surface area contributed by atoms with Gasteiger partial charge in [-0.3, -0.25) is 9.89 Å². The molecule has 0 radical (unpaired) electrons. The number of hydrogen-bond donors (Lipinski definition) is 1. The number of fused-ring (bicyclic) bond motifs is 1. The van der Waals surface area contributed by atoms with Crippen molar-refractivity contribution in [3.63, 3.8) is 0 Å². The average Bonchev–Trinajstić information content (AvgIpc) is 3.24. The van der Waals surface area contributed by atoms with E-state index < -0.39 is 5.82 Å². The summed E-state index contributed by atoms with van der Waals surface area (Å²) in [6.45, 7) is 2.30. The molecule has 1 heterocycles. The Labute approximate surface area is 178 Å². The minimum absolute atomic E-state index is 0.0693. The Morgan fingerprint density at radius 1 is 1.13 bits per heavy atom. The molecule has 0 aliphatic rings. The molecule has 0 aliphatic heterocycles. The van der Waals surface area contributed by atoms with E-state index in [2.05, 4.69) is 10.2 Å². The van der Waals surface area contributed by atoms with Crippen LogP contribution in [0.2, 0.25) is 0 Å². The lowest BCUT2D eigenvalue weighted by molar-refractivity contribution is 0.0784. The van der Waals surface area contributed by atoms with E-state index in [-0.39, 0.29) is 18.3 Å². The fourth-order valence-corrected chi connectivity index (χ4v) is 3.56. The van der Waals surface area contributed by atoms with Crippen molar-refractivity contribution in [2.45, 2.75) is 13.5 Å². The summed E-state index contributed by atoms with van der Waals surface area (Å²) < 4.78 is 33.8. The van der Waals surface area contributed by atoms with Crippen LogP contribution >= 0.6 is 0 Å². The smallest absolute Gasteiger partial charge is 0.254 e. The lowest BCUT2D eigenvalue weighted by atomic mass is 10.0. The van der Waals surface area contributed by atoms with Crippen molar-refractivity contribution >= 4 is 16.8 Å². The van der Waals surface area contributed by atoms with E-state index in [4.69, 9.17) is 4.74 Å². The third-order valence-corrected chi connectivity index (χ3v) is 5.07. The second-order valence-corrected chi connectivity index (χ2v) is 7.18. The molecular formula is C24H21F2N3O2. The molecule has 1 aromatic heterocycles. The lowest BCUT2D eigenvalue weighted by Crippen LogP contribution is -2.26. The predicted octanol–water partition coefficient (Wildman–Crippen LogP) is 5.18. The molecule has 1 amide bonds. The summed E-state index contributed by atoms with van der Waals surface area (Å²) in [6.07, 6.45) is 1.61. The van der Waals surface area contributed by atoms with Gasteiger partial charge in [-0.2, -0.15) is 5.10 Å². The molecule has 0 unspecified atom stereocenters. The number of hydrogen-bond acceptors (Lipinski definition) is 3. The van der Waals surface area contributed by atoms with E-state index in [1.165, 1.54) is 23.1 Å². The lowest BCUT2D eigenvalue weighted by Gasteiger charge is -2.19. The van der Waals surface area contributed by atoms with Crippen molar-refractivity contribution in [3.05, 3.63) is 83.6 Å². The van der Waals surface area contributed by atoms with Gasteiger partial charge in [-0.1, -0.05) is 12.1 Å². The third kappa shape index (κ3) is 4.12. The zero-order valence-electron chi connectivity index (χ0n) is 17.2. The van der Waals surface area contributed by atoms with Crippen LogP contribution in [0.4, 0.5) is 8.78 Å². The first-order valence-corrected chi connectivity index (χ1v) is 9.86. The maximum atomic E-state index is 14.4. The highest BCUT2D eigenvalue weighted by Crippen LogP contribution is 2.32. The van der Waals surface area contributed by atoms with Gasteiger partial charge in [0.25, 0.3) is 5.91 Å². The molecular weight excluding hydrogens is 400 g/mol. The van der Waals surface area contributed by atoms with Crippen molar-refractivity contribution in [3.8, 4) is 16.9 Å². The van der Waals surface area contributed by atoms with Crippen LogP contribution in [0, 0.1) is 11.6 Å². The number of carbonyl (C=O) groups excluding carboxylic acids is 1. The molecule has 4 rings (SSSR count). The minimum Gasteiger partial charge on any atom is -0.493 e. The van der Waals surface area contributed by atoms with Crippen molar-refractivity contribution < 1.29 is 18.3 Å². The maximum Gasteiger partial charge on any atom is 0.254 e. The van der Waals surface area contributed by atoms with Crippen LogP contribution in [0.25, 0.3) is 22.0 Å². The number of nitrogens with one attached hydrogen (secondary N) is 1. The molecule has 0 bridgehead atoms. The molecule has 0 fully saturated rings. The summed E-state index contributed by atoms with van der Waals surface area (Å²) in [5.41, 5.74) is 2.67. The van der Waals surface area contributed by atoms with Crippen molar-refractivity contribution in [2.75, 3.05) is 13.7 Å². The molecule has 4 aromatic rings. The number of halogens is 2. The summed E-state index contributed by atoms with van der Waals surface area (Å²) in [4.78, 5) is 14.5. The fraction of sp³-hybridized carbons (Fsp3) is 0.167. The van der Waals surface area contributed by atoms with E-state index in [9.17, 15) is 13.6 Å². The zero-order chi connectivity index (χ0) is 22.0. The Morgan fingerprint density at radius 2 is 1.97 bits per heavy atom. The molecule has 0 aliphatic carbocycles. The Bertz CT molecular complexity index is 1250. The Kier molecular flexibility index (Phi) is 5.66. The molecule has 5 nitrogen and oxygen atoms in total. The van der Waals surface area contributed by atoms with Gasteiger partial charge in [0.1, 0.15) is 17.4 Å². The number of benzene rings is 3. The van der Waals surface area contributed by atoms with Crippen LogP contribution in [0.15, 0.2) is 60.8 Å². The van der Waals surface area contributed by atoms with Crippen LogP contribution in [-0.4, -0.2) is 34.7 Å². The van der Waals surface area contributed by atoms with Crippen molar-refractivity contribution in [1.82, 2.24) is 15.1 Å². The van der Waals surface area contributed by atoms with Crippen molar-refractivity contribution in [2.24, 2.45) is 0 Å². The number of aromatic nitrogens is 2. The van der Waals surface area contributed by atoms with E-state index in [1.54, 1.807) is 49.6 Å². The second kappa shape index (κ2) is 8.55. The summed E-state index contributed by atoms with van der Waals surface area (Å²) in [6, 6.07) is 14.2. The zero-order valence-corrected chi connectivity index (χ0v) is 17.2. The van der Waals surface area contributed by atoms with Crippen LogP contribution in [0.5, 0.6) is 5.75 Å². The Balaban J connectivity index is 1.64. The molecule has 1 N–H and O–H groups in total. The van der Waals surface area contributed by atoms with Gasteiger partial charge < -0.3 is 9.64 Å². The van der Waals surface area contributed by atoms with Gasteiger partial charge >= 0.3 is 0 Å². The first-order chi connectivity index (χ1) is 15.0. The molecule has 7 heteroatoms. The normalized spacial score (nSPS) is 11.0. The summed E-state index contributed by atoms with van der Waals surface area (Å²) in [7, 11) is 1.61. The molecule has 158 valence electrons. The number of carbonyl (C=O) groups is 1. The largest absolute Gasteiger partial charge is 0.493 e. The summed E-state index contributed by atoms with van der Waals surface area (Å²) >= 11 is 0. The van der Waals surface area contributed by atoms with Gasteiger partial charge in [0.15, 0.2) is 0 Å². The van der Waals surface area contributed by atoms with Crippen LogP contribution in [-0.2, 0) is 6.54 Å². The second-order valence-electron chi connectivity index (χ2n) is 7.18. The Hall–Kier alpha value is -3.74. The number of H-pyrrole nitrogens is 1. The highest BCUT2D eigenvalue weighted by molar-refractivity contribution is 5.95. The van der Waals surface area contributed by atoms with Gasteiger partial charge in [-0.05, 0) is 55.0 Å². The predicted molar refractivity (Wildman–Crippen MR) is 115 cm³/mol. The quantitative estimate of drug-likeness (QED) is 0.467. The van der Waals surface area contributed by atoms with E-state index in [1.807, 2.05) is 6.92 Å². The molecule has 0 spiro atoms. The van der Waals surface area contributed by atoms with Gasteiger partial charge in [0, 0.05) is 29.1 Å². The first kappa shape index (κ1) is 20.5. The van der Waals surface area contributed by atoms with E-state index in [0.717, 1.165) is 5.39 Å². The minimum atomic E-state index is -0.409. The number of aromatic amines is 1. The SMILES string of the molecule is CCOc1cc(C(=O)N(C)Cc2c(F)ccc3cn[nH]c23)ccc1-c1cccc(F)c1. The summed E-state index contributed by atoms with van der Waals surface area (Å²) in [5, 5.41) is 7.52. The van der Waals surface area contributed by atoms with Gasteiger partial charge in [-0.25, -0.2) is 8.78 Å². The standard InChI is InChI=1S/C24H21F2N3O2/c1-3-31-22-12-16(7-9-19(22)15-5-4-6-18(25)11-15)24(30)29(2)14-20-21(26)10-8-17-13-27-28-23(17)20/h4-13H,3,14H2,1-2H3,(H,27,28). The van der Waals surface area contributed by atoms with Crippen molar-refractivity contribution in [1.29, 1.82) is 0 Å². The summed E-state index contributed by atoms with van der Waals surface area (Å²) in [5.74, 6) is -0.570. The molecule has 0 saturated carbocycles. The van der Waals surface area contributed by atoms with E-state index >= 15 is 0 Å². The number of ether oxygens (including phenoxy) is 1. The number of nitrogens with zero attached hydrogens (tertiary/aromatic N) is 2. The van der Waals surface area contributed by atoms with E-state index in [0.29, 0.717) is 40.1 Å². The van der Waals surface area contributed by atoms with Crippen LogP contribution in [0.3, 0.4) is 0 Å². The van der Waals surface area contributed by atoms with Crippen LogP contribution < -0.4 is 4.74 Å². The molecule has 0 saturated heterocycles. The van der Waals surface area contributed by atoms with Gasteiger partial charge in [-0.15, -0.1) is 0 Å². The number of amides is 1. The number of rotatable bonds is 6. The third-order valence-electron chi connectivity index (χ3n) is 5.07. The van der Waals surface area contributed by atoms with Gasteiger partial charge in [0.2, 0.25) is 0 Å². The fourth-order valence-electron chi connectivity index (χ4n) is 3.56. The average molecular weight is 421 g/mol. The first-order valence-electron chi connectivity index (χ1n) is 9.86. The van der Waals surface area contributed by atoms with Gasteiger partial charge in [0.05, 0.1) is 24.9 Å². The molecule has 31 heavy (non-hydrogen) atoms. The molecule has 3 aromatic carbocycles. The monoisotopic (exact) mass is 421 g/mol. The maximum absolute atomic E-state index is 14.4.